The minimum absolute atomic E-state index is 0.00447. The van der Waals surface area contributed by atoms with Gasteiger partial charge in [-0.2, -0.15) is 0 Å². The molecule has 28 heavy (non-hydrogen) atoms. The Morgan fingerprint density at radius 2 is 1.79 bits per heavy atom. The zero-order chi connectivity index (χ0) is 20.3. The number of nitrogens with one attached hydrogen (secondary N) is 1. The number of aromatic nitrogens is 2. The van der Waals surface area contributed by atoms with Gasteiger partial charge < -0.3 is 5.32 Å². The predicted octanol–water partition coefficient (Wildman–Crippen LogP) is 3.12. The van der Waals surface area contributed by atoms with Crippen LogP contribution in [0.5, 0.6) is 0 Å². The minimum Gasteiger partial charge on any atom is -0.319 e. The first-order chi connectivity index (χ1) is 13.4. The van der Waals surface area contributed by atoms with Gasteiger partial charge in [-0.3, -0.25) is 24.4 Å². The second-order valence-corrected chi connectivity index (χ2v) is 7.07. The molecule has 0 aliphatic carbocycles. The van der Waals surface area contributed by atoms with Crippen LogP contribution in [-0.2, 0) is 11.8 Å². The zero-order valence-electron chi connectivity index (χ0n) is 15.3. The third-order valence-electron chi connectivity index (χ3n) is 4.24. The number of benzene rings is 2. The van der Waals surface area contributed by atoms with Crippen molar-refractivity contribution in [1.29, 1.82) is 0 Å². The number of nitrogens with zero attached hydrogens (tertiary/aromatic N) is 3. The average Bonchev–Trinajstić information content (AvgIpc) is 2.90. The summed E-state index contributed by atoms with van der Waals surface area (Å²) in [5.74, 6) is -0.244. The Morgan fingerprint density at radius 3 is 2.39 bits per heavy atom. The third-order valence-corrected chi connectivity index (χ3v) is 5.25. The normalized spacial score (nSPS) is 10.6. The van der Waals surface area contributed by atoms with Gasteiger partial charge in [0.15, 0.2) is 0 Å². The van der Waals surface area contributed by atoms with Crippen LogP contribution in [0.15, 0.2) is 64.3 Å². The van der Waals surface area contributed by atoms with Crippen LogP contribution in [-0.4, -0.2) is 25.9 Å². The van der Waals surface area contributed by atoms with Crippen LogP contribution in [0, 0.1) is 17.0 Å². The average molecular weight is 398 g/mol. The van der Waals surface area contributed by atoms with E-state index in [9.17, 15) is 19.7 Å². The fraction of sp³-hybridized carbons (Fsp3) is 0.158. The fourth-order valence-corrected chi connectivity index (χ4v) is 3.40. The molecule has 1 aromatic heterocycles. The van der Waals surface area contributed by atoms with Crippen LogP contribution in [0.1, 0.15) is 5.69 Å². The van der Waals surface area contributed by atoms with E-state index in [0.29, 0.717) is 11.4 Å². The molecule has 0 bridgehead atoms. The van der Waals surface area contributed by atoms with Gasteiger partial charge in [-0.05, 0) is 31.2 Å². The van der Waals surface area contributed by atoms with E-state index in [1.807, 2.05) is 30.3 Å². The summed E-state index contributed by atoms with van der Waals surface area (Å²) in [6, 6.07) is 15.1. The number of hydrogen-bond donors (Lipinski definition) is 1. The Morgan fingerprint density at radius 1 is 1.14 bits per heavy atom. The smallest absolute Gasteiger partial charge is 0.295 e. The zero-order valence-corrected chi connectivity index (χ0v) is 16.1. The number of nitro benzene ring substituents is 1. The molecule has 2 aromatic carbocycles. The van der Waals surface area contributed by atoms with Crippen LogP contribution in [0.3, 0.4) is 0 Å². The summed E-state index contributed by atoms with van der Waals surface area (Å²) < 4.78 is 3.19. The molecule has 0 fully saturated rings. The first-order valence-electron chi connectivity index (χ1n) is 8.39. The van der Waals surface area contributed by atoms with Crippen LogP contribution in [0.2, 0.25) is 0 Å². The van der Waals surface area contributed by atoms with Crippen LogP contribution in [0.4, 0.5) is 11.4 Å². The van der Waals surface area contributed by atoms with E-state index in [2.05, 4.69) is 5.32 Å². The molecule has 0 spiro atoms. The number of non-ortho nitro benzene ring substituents is 1. The van der Waals surface area contributed by atoms with Crippen LogP contribution >= 0.6 is 11.8 Å². The summed E-state index contributed by atoms with van der Waals surface area (Å²) in [6.07, 6.45) is 0. The van der Waals surface area contributed by atoms with Crippen molar-refractivity contribution in [3.8, 4) is 5.69 Å². The molecule has 3 rings (SSSR count). The van der Waals surface area contributed by atoms with Gasteiger partial charge in [0.1, 0.15) is 5.69 Å². The van der Waals surface area contributed by atoms with Crippen LogP contribution < -0.4 is 10.9 Å². The number of para-hydroxylation sites is 1. The first kappa shape index (κ1) is 19.4. The Balaban J connectivity index is 1.72. The Kier molecular flexibility index (Phi) is 5.65. The van der Waals surface area contributed by atoms with Gasteiger partial charge >= 0.3 is 0 Å². The van der Waals surface area contributed by atoms with Crippen molar-refractivity contribution in [2.75, 3.05) is 11.1 Å². The maximum Gasteiger partial charge on any atom is 0.295 e. The molecular weight excluding hydrogens is 380 g/mol. The topological polar surface area (TPSA) is 99.2 Å². The standard InChI is InChI=1S/C19H18N4O4S/c1-13-18(19(25)22(21(13)2)14-6-4-3-5-7-14)20-17(24)12-28-16-10-8-15(9-11-16)23(26)27/h3-11H,12H2,1-2H3,(H,20,24). The van der Waals surface area contributed by atoms with E-state index in [1.165, 1.54) is 28.6 Å². The van der Waals surface area contributed by atoms with E-state index in [-0.39, 0.29) is 28.6 Å². The monoisotopic (exact) mass is 398 g/mol. The lowest BCUT2D eigenvalue weighted by Gasteiger charge is -2.07. The predicted molar refractivity (Wildman–Crippen MR) is 108 cm³/mol. The number of carbonyl (C=O) groups excluding carboxylic acids is 1. The molecule has 0 radical (unpaired) electrons. The van der Waals surface area contributed by atoms with Crippen molar-refractivity contribution in [3.05, 3.63) is 80.8 Å². The highest BCUT2D eigenvalue weighted by Gasteiger charge is 2.18. The Hall–Kier alpha value is -3.33. The minimum atomic E-state index is -0.475. The van der Waals surface area contributed by atoms with Crippen molar-refractivity contribution in [2.24, 2.45) is 7.05 Å². The van der Waals surface area contributed by atoms with Crippen molar-refractivity contribution in [3.63, 3.8) is 0 Å². The highest BCUT2D eigenvalue weighted by atomic mass is 32.2. The van der Waals surface area contributed by atoms with Gasteiger partial charge in [-0.15, -0.1) is 11.8 Å². The van der Waals surface area contributed by atoms with E-state index in [0.717, 1.165) is 4.90 Å². The molecule has 1 N–H and O–H groups in total. The number of rotatable bonds is 6. The highest BCUT2D eigenvalue weighted by Crippen LogP contribution is 2.22. The number of hydrogen-bond acceptors (Lipinski definition) is 5. The molecule has 1 heterocycles. The van der Waals surface area contributed by atoms with Gasteiger partial charge in [0.05, 0.1) is 22.1 Å². The molecular formula is C19H18N4O4S. The lowest BCUT2D eigenvalue weighted by Crippen LogP contribution is -2.23. The second kappa shape index (κ2) is 8.13. The quantitative estimate of drug-likeness (QED) is 0.391. The summed E-state index contributed by atoms with van der Waals surface area (Å²) >= 11 is 1.24. The van der Waals surface area contributed by atoms with Crippen molar-refractivity contribution in [1.82, 2.24) is 9.36 Å². The summed E-state index contributed by atoms with van der Waals surface area (Å²) in [5, 5.41) is 13.4. The van der Waals surface area contributed by atoms with Gasteiger partial charge in [0.25, 0.3) is 11.2 Å². The molecule has 8 nitrogen and oxygen atoms in total. The van der Waals surface area contributed by atoms with E-state index in [1.54, 1.807) is 30.8 Å². The summed E-state index contributed by atoms with van der Waals surface area (Å²) in [5.41, 5.74) is 1.28. The molecule has 9 heteroatoms. The molecule has 1 amide bonds. The first-order valence-corrected chi connectivity index (χ1v) is 9.38. The largest absolute Gasteiger partial charge is 0.319 e. The molecule has 0 aliphatic rings. The highest BCUT2D eigenvalue weighted by molar-refractivity contribution is 8.00. The van der Waals surface area contributed by atoms with Crippen LogP contribution in [0.25, 0.3) is 5.69 Å². The number of nitro groups is 1. The van der Waals surface area contributed by atoms with Gasteiger partial charge in [0.2, 0.25) is 5.91 Å². The fourth-order valence-electron chi connectivity index (χ4n) is 2.70. The SMILES string of the molecule is Cc1c(NC(=O)CSc2ccc([N+](=O)[O-])cc2)c(=O)n(-c2ccccc2)n1C. The molecule has 0 atom stereocenters. The second-order valence-electron chi connectivity index (χ2n) is 6.02. The van der Waals surface area contributed by atoms with Crippen molar-refractivity contribution in [2.45, 2.75) is 11.8 Å². The number of thioether (sulfide) groups is 1. The maximum atomic E-state index is 12.8. The summed E-state index contributed by atoms with van der Waals surface area (Å²) in [4.78, 5) is 36.0. The lowest BCUT2D eigenvalue weighted by atomic mass is 10.3. The third kappa shape index (κ3) is 3.99. The van der Waals surface area contributed by atoms with E-state index >= 15 is 0 Å². The van der Waals surface area contributed by atoms with Crippen molar-refractivity contribution < 1.29 is 9.72 Å². The van der Waals surface area contributed by atoms with Crippen molar-refractivity contribution >= 4 is 29.0 Å². The van der Waals surface area contributed by atoms with Gasteiger partial charge in [0, 0.05) is 24.1 Å². The van der Waals surface area contributed by atoms with E-state index in [4.69, 9.17) is 0 Å². The van der Waals surface area contributed by atoms with E-state index < -0.39 is 4.92 Å². The number of amides is 1. The Bertz CT molecular complexity index is 1070. The molecule has 144 valence electrons. The maximum absolute atomic E-state index is 12.8. The Labute approximate surface area is 164 Å². The summed E-state index contributed by atoms with van der Waals surface area (Å²) in [7, 11) is 1.75. The number of carbonyl (C=O) groups is 1. The number of anilines is 1. The molecule has 3 aromatic rings. The molecule has 0 saturated carbocycles. The van der Waals surface area contributed by atoms with Gasteiger partial charge in [-0.25, -0.2) is 4.68 Å². The molecule has 0 unspecified atom stereocenters. The lowest BCUT2D eigenvalue weighted by molar-refractivity contribution is -0.384. The van der Waals surface area contributed by atoms with Gasteiger partial charge in [-0.1, -0.05) is 18.2 Å². The molecule has 0 aliphatic heterocycles. The molecule has 0 saturated heterocycles. The summed E-state index contributed by atoms with van der Waals surface area (Å²) in [6.45, 7) is 1.76.